The molecule has 0 saturated carbocycles. The van der Waals surface area contributed by atoms with Crippen LogP contribution in [0.5, 0.6) is 5.75 Å². The van der Waals surface area contributed by atoms with Crippen molar-refractivity contribution in [2.24, 2.45) is 0 Å². The molecular weight excluding hydrogens is 324 g/mol. The molecule has 1 atom stereocenters. The zero-order valence-corrected chi connectivity index (χ0v) is 14.3. The summed E-state index contributed by atoms with van der Waals surface area (Å²) in [5, 5.41) is 2.92. The highest BCUT2D eigenvalue weighted by molar-refractivity contribution is 7.16. The molecule has 3 rings (SSSR count). The van der Waals surface area contributed by atoms with Crippen molar-refractivity contribution in [3.8, 4) is 5.75 Å². The zero-order chi connectivity index (χ0) is 16.9. The number of carbonyl (C=O) groups is 1. The van der Waals surface area contributed by atoms with Crippen molar-refractivity contribution < 1.29 is 14.3 Å². The smallest absolute Gasteiger partial charge is 0.251 e. The summed E-state index contributed by atoms with van der Waals surface area (Å²) in [5.74, 6) is 0.631. The maximum Gasteiger partial charge on any atom is 0.251 e. The molecule has 0 radical (unpaired) electrons. The Morgan fingerprint density at radius 3 is 2.92 bits per heavy atom. The molecule has 24 heavy (non-hydrogen) atoms. The van der Waals surface area contributed by atoms with E-state index in [0.717, 1.165) is 21.5 Å². The van der Waals surface area contributed by atoms with Crippen molar-refractivity contribution in [2.75, 3.05) is 20.8 Å². The lowest BCUT2D eigenvalue weighted by atomic mass is 10.1. The van der Waals surface area contributed by atoms with E-state index in [4.69, 9.17) is 9.47 Å². The summed E-state index contributed by atoms with van der Waals surface area (Å²) in [6.45, 7) is 0.378. The Kier molecular flexibility index (Phi) is 5.08. The highest BCUT2D eigenvalue weighted by Crippen LogP contribution is 2.22. The minimum Gasteiger partial charge on any atom is -0.497 e. The molecule has 2 aromatic carbocycles. The van der Waals surface area contributed by atoms with Gasteiger partial charge in [0.05, 0.1) is 28.9 Å². The molecule has 3 aromatic rings. The van der Waals surface area contributed by atoms with Gasteiger partial charge in [-0.3, -0.25) is 4.79 Å². The molecule has 1 amide bonds. The van der Waals surface area contributed by atoms with Gasteiger partial charge in [-0.2, -0.15) is 0 Å². The lowest BCUT2D eigenvalue weighted by Crippen LogP contribution is -2.29. The second-order valence-corrected chi connectivity index (χ2v) is 6.13. The standard InChI is InChI=1S/C18H18N2O3S/c1-22-14-5-3-4-12(8-14)16(23-2)10-19-18(21)13-6-7-15-17(9-13)24-11-20-15/h3-9,11,16H,10H2,1-2H3,(H,19,21)/t16-/m0/s1. The molecule has 0 spiro atoms. The molecule has 5 nitrogen and oxygen atoms in total. The Bertz CT molecular complexity index is 847. The van der Waals surface area contributed by atoms with Crippen LogP contribution in [-0.4, -0.2) is 31.7 Å². The van der Waals surface area contributed by atoms with Crippen LogP contribution in [-0.2, 0) is 4.74 Å². The number of thiazole rings is 1. The molecule has 6 heteroatoms. The second kappa shape index (κ2) is 7.42. The third-order valence-corrected chi connectivity index (χ3v) is 4.58. The van der Waals surface area contributed by atoms with Gasteiger partial charge in [-0.25, -0.2) is 4.98 Å². The molecular formula is C18H18N2O3S. The summed E-state index contributed by atoms with van der Waals surface area (Å²) < 4.78 is 11.7. The third kappa shape index (κ3) is 3.55. The van der Waals surface area contributed by atoms with Crippen LogP contribution in [0.25, 0.3) is 10.2 Å². The minimum absolute atomic E-state index is 0.129. The fourth-order valence-corrected chi connectivity index (χ4v) is 3.18. The van der Waals surface area contributed by atoms with Crippen molar-refractivity contribution in [2.45, 2.75) is 6.10 Å². The van der Waals surface area contributed by atoms with E-state index in [9.17, 15) is 4.79 Å². The van der Waals surface area contributed by atoms with Gasteiger partial charge in [0.2, 0.25) is 0 Å². The molecule has 1 aromatic heterocycles. The fourth-order valence-electron chi connectivity index (χ4n) is 2.46. The number of hydrogen-bond acceptors (Lipinski definition) is 5. The lowest BCUT2D eigenvalue weighted by molar-refractivity contribution is 0.0827. The van der Waals surface area contributed by atoms with E-state index >= 15 is 0 Å². The van der Waals surface area contributed by atoms with Gasteiger partial charge in [0.15, 0.2) is 0 Å². The first-order valence-corrected chi connectivity index (χ1v) is 8.37. The Balaban J connectivity index is 1.69. The van der Waals surface area contributed by atoms with Crippen LogP contribution in [0.3, 0.4) is 0 Å². The van der Waals surface area contributed by atoms with Crippen molar-refractivity contribution >= 4 is 27.5 Å². The van der Waals surface area contributed by atoms with Crippen LogP contribution < -0.4 is 10.1 Å². The maximum atomic E-state index is 12.4. The van der Waals surface area contributed by atoms with E-state index in [1.165, 1.54) is 11.3 Å². The van der Waals surface area contributed by atoms with Crippen molar-refractivity contribution in [3.05, 3.63) is 59.1 Å². The predicted molar refractivity (Wildman–Crippen MR) is 94.7 cm³/mol. The Morgan fingerprint density at radius 2 is 2.12 bits per heavy atom. The zero-order valence-electron chi connectivity index (χ0n) is 13.5. The lowest BCUT2D eigenvalue weighted by Gasteiger charge is -2.17. The van der Waals surface area contributed by atoms with Crippen LogP contribution in [0.1, 0.15) is 22.0 Å². The van der Waals surface area contributed by atoms with Gasteiger partial charge in [0.25, 0.3) is 5.91 Å². The topological polar surface area (TPSA) is 60.5 Å². The number of carbonyl (C=O) groups excluding carboxylic acids is 1. The largest absolute Gasteiger partial charge is 0.497 e. The van der Waals surface area contributed by atoms with Crippen LogP contribution in [0.4, 0.5) is 0 Å². The van der Waals surface area contributed by atoms with Gasteiger partial charge < -0.3 is 14.8 Å². The third-order valence-electron chi connectivity index (χ3n) is 3.79. The maximum absolute atomic E-state index is 12.4. The minimum atomic E-state index is -0.240. The summed E-state index contributed by atoms with van der Waals surface area (Å²) >= 11 is 1.52. The Morgan fingerprint density at radius 1 is 1.25 bits per heavy atom. The molecule has 0 saturated heterocycles. The number of benzene rings is 2. The van der Waals surface area contributed by atoms with Gasteiger partial charge in [0.1, 0.15) is 5.75 Å². The van der Waals surface area contributed by atoms with E-state index in [0.29, 0.717) is 12.1 Å². The van der Waals surface area contributed by atoms with Gasteiger partial charge >= 0.3 is 0 Å². The number of hydrogen-bond donors (Lipinski definition) is 1. The molecule has 0 aliphatic heterocycles. The first-order chi connectivity index (χ1) is 11.7. The van der Waals surface area contributed by atoms with Gasteiger partial charge in [-0.1, -0.05) is 12.1 Å². The number of aromatic nitrogens is 1. The van der Waals surface area contributed by atoms with Crippen molar-refractivity contribution in [3.63, 3.8) is 0 Å². The SMILES string of the molecule is COc1cccc([C@H](CNC(=O)c2ccc3ncsc3c2)OC)c1. The fraction of sp³-hybridized carbons (Fsp3) is 0.222. The van der Waals surface area contributed by atoms with Gasteiger partial charge in [-0.15, -0.1) is 11.3 Å². The summed E-state index contributed by atoms with van der Waals surface area (Å²) in [7, 11) is 3.25. The van der Waals surface area contributed by atoms with E-state index in [2.05, 4.69) is 10.3 Å². The molecule has 0 bridgehead atoms. The predicted octanol–water partition coefficient (Wildman–Crippen LogP) is 3.42. The van der Waals surface area contributed by atoms with Gasteiger partial charge in [-0.05, 0) is 35.9 Å². The number of amides is 1. The van der Waals surface area contributed by atoms with Crippen LogP contribution in [0.15, 0.2) is 48.0 Å². The number of ether oxygens (including phenoxy) is 2. The summed E-state index contributed by atoms with van der Waals surface area (Å²) in [6, 6.07) is 13.1. The molecule has 1 heterocycles. The highest BCUT2D eigenvalue weighted by Gasteiger charge is 2.14. The van der Waals surface area contributed by atoms with Crippen LogP contribution in [0.2, 0.25) is 0 Å². The number of fused-ring (bicyclic) bond motifs is 1. The molecule has 1 N–H and O–H groups in total. The quantitative estimate of drug-likeness (QED) is 0.746. The number of methoxy groups -OCH3 is 2. The molecule has 0 aliphatic carbocycles. The summed E-state index contributed by atoms with van der Waals surface area (Å²) in [5.41, 5.74) is 4.25. The number of nitrogens with zero attached hydrogens (tertiary/aromatic N) is 1. The first-order valence-electron chi connectivity index (χ1n) is 7.49. The van der Waals surface area contributed by atoms with E-state index in [-0.39, 0.29) is 12.0 Å². The molecule has 124 valence electrons. The molecule has 0 unspecified atom stereocenters. The Hall–Kier alpha value is -2.44. The normalized spacial score (nSPS) is 12.1. The van der Waals surface area contributed by atoms with Crippen LogP contribution >= 0.6 is 11.3 Å². The highest BCUT2D eigenvalue weighted by atomic mass is 32.1. The molecule has 0 fully saturated rings. The van der Waals surface area contributed by atoms with Crippen LogP contribution in [0, 0.1) is 0 Å². The average Bonchev–Trinajstić information content (AvgIpc) is 3.10. The number of rotatable bonds is 6. The first kappa shape index (κ1) is 16.4. The molecule has 0 aliphatic rings. The van der Waals surface area contributed by atoms with Crippen molar-refractivity contribution in [1.29, 1.82) is 0 Å². The second-order valence-electron chi connectivity index (χ2n) is 5.25. The van der Waals surface area contributed by atoms with E-state index in [1.807, 2.05) is 36.4 Å². The van der Waals surface area contributed by atoms with E-state index < -0.39 is 0 Å². The van der Waals surface area contributed by atoms with Gasteiger partial charge in [0, 0.05) is 19.2 Å². The number of nitrogens with one attached hydrogen (secondary N) is 1. The Labute approximate surface area is 144 Å². The average molecular weight is 342 g/mol. The monoisotopic (exact) mass is 342 g/mol. The summed E-state index contributed by atoms with van der Waals surface area (Å²) in [4.78, 5) is 16.6. The summed E-state index contributed by atoms with van der Waals surface area (Å²) in [6.07, 6.45) is -0.240. The van der Waals surface area contributed by atoms with E-state index in [1.54, 1.807) is 25.8 Å². The van der Waals surface area contributed by atoms with Crippen molar-refractivity contribution in [1.82, 2.24) is 10.3 Å².